The Kier molecular flexibility index (Phi) is 13.6. The molecular weight excluding hydrogens is 208 g/mol. The summed E-state index contributed by atoms with van der Waals surface area (Å²) < 4.78 is -2.17. The van der Waals surface area contributed by atoms with Crippen molar-refractivity contribution in [2.75, 3.05) is 0 Å². The molecule has 0 fully saturated rings. The van der Waals surface area contributed by atoms with Crippen LogP contribution in [0.3, 0.4) is 0 Å². The Hall–Kier alpha value is 2.34. The molecule has 0 saturated heterocycles. The van der Waals surface area contributed by atoms with Crippen LogP contribution in [-0.4, -0.2) is 74.0 Å². The van der Waals surface area contributed by atoms with Gasteiger partial charge in [0.1, 0.15) is 0 Å². The molecule has 0 unspecified atom stereocenters. The van der Waals surface area contributed by atoms with E-state index in [1.54, 1.807) is 0 Å². The molecule has 7 heteroatoms. The van der Waals surface area contributed by atoms with Gasteiger partial charge < -0.3 is 5.11 Å². The third-order valence-electron chi connectivity index (χ3n) is 0.243. The van der Waals surface area contributed by atoms with Crippen LogP contribution >= 0.6 is 34.8 Å². The quantitative estimate of drug-likeness (QED) is 0.457. The average Bonchev–Trinajstić information content (AvgIpc) is 1.31. The van der Waals surface area contributed by atoms with Crippen molar-refractivity contribution in [3.8, 4) is 0 Å². The third-order valence-corrected chi connectivity index (χ3v) is 0.728. The Labute approximate surface area is 112 Å². The van der Waals surface area contributed by atoms with E-state index in [0.29, 0.717) is 0 Å². The molecule has 0 bridgehead atoms. The Morgan fingerprint density at radius 3 is 1.33 bits per heavy atom. The van der Waals surface area contributed by atoms with Crippen LogP contribution in [-0.2, 0) is 4.79 Å². The second kappa shape index (κ2) is 7.01. The average molecular weight is 211 g/mol. The molecule has 0 spiro atoms. The van der Waals surface area contributed by atoms with Crippen LogP contribution in [0.15, 0.2) is 0 Å². The van der Waals surface area contributed by atoms with Crippen molar-refractivity contribution in [3.05, 3.63) is 0 Å². The molecule has 0 aromatic heterocycles. The summed E-state index contributed by atoms with van der Waals surface area (Å²) in [5.74, 6) is -1.46. The van der Waals surface area contributed by atoms with Gasteiger partial charge in [0.15, 0.2) is 0 Å². The molecule has 0 aliphatic rings. The van der Waals surface area contributed by atoms with Crippen molar-refractivity contribution in [3.63, 3.8) is 0 Å². The molecule has 0 aliphatic carbocycles. The molecule has 0 heterocycles. The summed E-state index contributed by atoms with van der Waals surface area (Å²) >= 11 is 14.4. The molecule has 0 aliphatic heterocycles. The van der Waals surface area contributed by atoms with Gasteiger partial charge in [0.25, 0.3) is 3.79 Å². The summed E-state index contributed by atoms with van der Waals surface area (Å²) in [5.41, 5.74) is 0. The van der Waals surface area contributed by atoms with E-state index in [2.05, 4.69) is 0 Å². The molecule has 0 amide bonds. The summed E-state index contributed by atoms with van der Waals surface area (Å²) in [6.07, 6.45) is 0. The maximum atomic E-state index is 9.62. The van der Waals surface area contributed by atoms with Crippen LogP contribution in [0, 0.1) is 0 Å². The Balaban J connectivity index is -0.000000180. The SMILES string of the molecule is O=C(O)C(Cl)(Cl)Cl.[NaH].[NaH]. The standard InChI is InChI=1S/C2HCl3O2.2Na.2H/c3-2(4,5)1(6)7;;;;/h(H,6,7);;;;. The summed E-state index contributed by atoms with van der Waals surface area (Å²) in [6.45, 7) is 0. The summed E-state index contributed by atoms with van der Waals surface area (Å²) in [6, 6.07) is 0. The van der Waals surface area contributed by atoms with E-state index in [-0.39, 0.29) is 59.1 Å². The predicted octanol–water partition coefficient (Wildman–Crippen LogP) is 0.144. The number of halogens is 3. The predicted molar refractivity (Wildman–Crippen MR) is 42.2 cm³/mol. The van der Waals surface area contributed by atoms with Gasteiger partial charge in [-0.2, -0.15) is 0 Å². The van der Waals surface area contributed by atoms with E-state index in [1.165, 1.54) is 0 Å². The molecule has 0 aromatic rings. The van der Waals surface area contributed by atoms with Crippen LogP contribution in [0.25, 0.3) is 0 Å². The first-order valence-corrected chi connectivity index (χ1v) is 2.38. The summed E-state index contributed by atoms with van der Waals surface area (Å²) in [5, 5.41) is 7.85. The molecule has 0 radical (unpaired) electrons. The number of alkyl halides is 3. The third kappa shape index (κ3) is 10.3. The molecule has 0 saturated carbocycles. The normalized spacial score (nSPS) is 8.78. The second-order valence-corrected chi connectivity index (χ2v) is 3.08. The topological polar surface area (TPSA) is 37.3 Å². The van der Waals surface area contributed by atoms with Gasteiger partial charge in [0.2, 0.25) is 0 Å². The van der Waals surface area contributed by atoms with E-state index in [1.807, 2.05) is 0 Å². The zero-order valence-corrected chi connectivity index (χ0v) is 5.26. The van der Waals surface area contributed by atoms with Crippen LogP contribution in [0.4, 0.5) is 0 Å². The van der Waals surface area contributed by atoms with Crippen LogP contribution in [0.5, 0.6) is 0 Å². The molecule has 2 nitrogen and oxygen atoms in total. The Morgan fingerprint density at radius 2 is 1.33 bits per heavy atom. The van der Waals surface area contributed by atoms with Crippen molar-refractivity contribution in [2.24, 2.45) is 0 Å². The molecule has 0 rings (SSSR count). The van der Waals surface area contributed by atoms with Crippen LogP contribution in [0.2, 0.25) is 0 Å². The molecular formula is C2H3Cl3Na2O2. The van der Waals surface area contributed by atoms with Crippen molar-refractivity contribution < 1.29 is 9.90 Å². The van der Waals surface area contributed by atoms with Crippen molar-refractivity contribution in [2.45, 2.75) is 3.79 Å². The minimum absolute atomic E-state index is 0. The number of carboxylic acid groups (broad SMARTS) is 1. The number of rotatable bonds is 0. The molecule has 9 heavy (non-hydrogen) atoms. The second-order valence-electron chi connectivity index (χ2n) is 0.803. The molecule has 46 valence electrons. The molecule has 1 N–H and O–H groups in total. The first-order valence-electron chi connectivity index (χ1n) is 1.24. The first kappa shape index (κ1) is 17.4. The molecule has 0 aromatic carbocycles. The maximum absolute atomic E-state index is 9.62. The number of aliphatic carboxylic acids is 1. The zero-order valence-electron chi connectivity index (χ0n) is 2.99. The van der Waals surface area contributed by atoms with Gasteiger partial charge >= 0.3 is 65.1 Å². The van der Waals surface area contributed by atoms with Gasteiger partial charge in [-0.1, -0.05) is 34.8 Å². The summed E-state index contributed by atoms with van der Waals surface area (Å²) in [4.78, 5) is 9.62. The minimum atomic E-state index is -2.17. The van der Waals surface area contributed by atoms with E-state index < -0.39 is 9.76 Å². The Morgan fingerprint density at radius 1 is 1.22 bits per heavy atom. The van der Waals surface area contributed by atoms with Gasteiger partial charge in [-0.15, -0.1) is 0 Å². The van der Waals surface area contributed by atoms with E-state index >= 15 is 0 Å². The van der Waals surface area contributed by atoms with Crippen LogP contribution < -0.4 is 0 Å². The van der Waals surface area contributed by atoms with E-state index in [4.69, 9.17) is 39.9 Å². The van der Waals surface area contributed by atoms with Crippen molar-refractivity contribution >= 4 is 99.9 Å². The number of hydrogen-bond donors (Lipinski definition) is 1. The first-order chi connectivity index (χ1) is 2.94. The fourth-order valence-electron chi connectivity index (χ4n) is 0. The van der Waals surface area contributed by atoms with Gasteiger partial charge in [0.05, 0.1) is 0 Å². The van der Waals surface area contributed by atoms with Gasteiger partial charge in [-0.3, -0.25) is 0 Å². The number of carboxylic acids is 1. The van der Waals surface area contributed by atoms with Crippen LogP contribution in [0.1, 0.15) is 0 Å². The van der Waals surface area contributed by atoms with E-state index in [9.17, 15) is 4.79 Å². The van der Waals surface area contributed by atoms with Gasteiger partial charge in [-0.05, 0) is 0 Å². The fourth-order valence-corrected chi connectivity index (χ4v) is 0. The molecule has 0 atom stereocenters. The number of carbonyl (C=O) groups is 1. The van der Waals surface area contributed by atoms with Gasteiger partial charge in [0, 0.05) is 0 Å². The van der Waals surface area contributed by atoms with E-state index in [0.717, 1.165) is 0 Å². The zero-order chi connectivity index (χ0) is 6.08. The number of hydrogen-bond acceptors (Lipinski definition) is 1. The summed E-state index contributed by atoms with van der Waals surface area (Å²) in [7, 11) is 0. The van der Waals surface area contributed by atoms with Crippen molar-refractivity contribution in [1.29, 1.82) is 0 Å². The fraction of sp³-hybridized carbons (Fsp3) is 0.500. The van der Waals surface area contributed by atoms with Crippen molar-refractivity contribution in [1.82, 2.24) is 0 Å². The Bertz CT molecular complexity index is 90.3. The van der Waals surface area contributed by atoms with Gasteiger partial charge in [-0.25, -0.2) is 4.79 Å². The monoisotopic (exact) mass is 210 g/mol.